The molecule has 118 valence electrons. The number of pyridine rings is 1. The Kier molecular flexibility index (Phi) is 6.64. The van der Waals surface area contributed by atoms with Crippen molar-refractivity contribution < 1.29 is 13.7 Å². The third-order valence-corrected chi connectivity index (χ3v) is 5.14. The number of carbonyl (C=O) groups excluding carboxylic acids is 1. The van der Waals surface area contributed by atoms with Gasteiger partial charge in [-0.05, 0) is 39.3 Å². The summed E-state index contributed by atoms with van der Waals surface area (Å²) in [5, 5.41) is 2.76. The third kappa shape index (κ3) is 6.03. The average molecular weight is 313 g/mol. The van der Waals surface area contributed by atoms with Gasteiger partial charge in [0.2, 0.25) is 6.10 Å². The lowest BCUT2D eigenvalue weighted by Gasteiger charge is -2.20. The Balaban J connectivity index is 2.71. The van der Waals surface area contributed by atoms with E-state index in [4.69, 9.17) is 8.92 Å². The molecule has 0 aliphatic rings. The Morgan fingerprint density at radius 2 is 2.10 bits per heavy atom. The Bertz CT molecular complexity index is 457. The zero-order valence-corrected chi connectivity index (χ0v) is 14.4. The predicted octanol–water partition coefficient (Wildman–Crippen LogP) is 2.32. The van der Waals surface area contributed by atoms with Crippen LogP contribution in [0.3, 0.4) is 0 Å². The molecule has 0 fully saturated rings. The minimum atomic E-state index is -0.648. The minimum Gasteiger partial charge on any atom is -0.381 e. The quantitative estimate of drug-likeness (QED) is 0.819. The molecule has 0 aromatic carbocycles. The van der Waals surface area contributed by atoms with Crippen molar-refractivity contribution in [3.63, 3.8) is 0 Å². The van der Waals surface area contributed by atoms with Gasteiger partial charge in [0.05, 0.1) is 6.61 Å². The Labute approximate surface area is 130 Å². The molecular weight excluding hydrogens is 288 g/mol. The van der Waals surface area contributed by atoms with E-state index in [1.807, 2.05) is 19.2 Å². The first-order valence-electron chi connectivity index (χ1n) is 6.79. The van der Waals surface area contributed by atoms with E-state index in [-0.39, 0.29) is 28.4 Å². The van der Waals surface area contributed by atoms with Crippen molar-refractivity contribution in [1.29, 1.82) is 0 Å². The summed E-state index contributed by atoms with van der Waals surface area (Å²) in [6, 6.07) is 3.67. The van der Waals surface area contributed by atoms with Crippen molar-refractivity contribution in [3.8, 4) is 0 Å². The molecule has 0 saturated heterocycles. The van der Waals surface area contributed by atoms with Gasteiger partial charge in [-0.15, -0.1) is 0 Å². The number of anilines is 1. The molecule has 1 heterocycles. The van der Waals surface area contributed by atoms with Crippen LogP contribution < -0.4 is 5.32 Å². The molecule has 1 aromatic heterocycles. The van der Waals surface area contributed by atoms with Crippen LogP contribution in [0, 0.1) is 6.92 Å². The van der Waals surface area contributed by atoms with Gasteiger partial charge in [-0.3, -0.25) is 4.79 Å². The van der Waals surface area contributed by atoms with Crippen LogP contribution in [0.1, 0.15) is 26.3 Å². The van der Waals surface area contributed by atoms with Crippen molar-refractivity contribution in [1.82, 2.24) is 4.98 Å². The van der Waals surface area contributed by atoms with Crippen molar-refractivity contribution in [2.24, 2.45) is 0 Å². The minimum absolute atomic E-state index is 0.0195. The number of methoxy groups -OCH3 is 1. The Hall–Kier alpha value is -1.11. The normalized spacial score (nSPS) is 14.6. The SMILES string of the molecule is COC[C@@H](O[S+](C)C(C)(C)C)C(=O)Nc1ccc(C)cn1. The first-order chi connectivity index (χ1) is 9.74. The van der Waals surface area contributed by atoms with Gasteiger partial charge in [0, 0.05) is 13.3 Å². The lowest BCUT2D eigenvalue weighted by Crippen LogP contribution is -2.40. The maximum atomic E-state index is 12.3. The topological polar surface area (TPSA) is 60.5 Å². The largest absolute Gasteiger partial charge is 0.381 e. The van der Waals surface area contributed by atoms with Gasteiger partial charge >= 0.3 is 0 Å². The van der Waals surface area contributed by atoms with E-state index in [9.17, 15) is 4.79 Å². The number of hydrogen-bond acceptors (Lipinski definition) is 4. The fraction of sp³-hybridized carbons (Fsp3) is 0.600. The van der Waals surface area contributed by atoms with Crippen LogP contribution in [0.5, 0.6) is 0 Å². The molecule has 0 radical (unpaired) electrons. The van der Waals surface area contributed by atoms with E-state index in [0.29, 0.717) is 5.82 Å². The number of ether oxygens (including phenoxy) is 1. The molecule has 0 aliphatic heterocycles. The highest BCUT2D eigenvalue weighted by Gasteiger charge is 2.37. The van der Waals surface area contributed by atoms with E-state index in [1.54, 1.807) is 19.4 Å². The molecule has 1 amide bonds. The van der Waals surface area contributed by atoms with Crippen LogP contribution in [0.4, 0.5) is 5.82 Å². The number of nitrogens with zero attached hydrogens (tertiary/aromatic N) is 1. The second-order valence-electron chi connectivity index (χ2n) is 5.82. The zero-order chi connectivity index (χ0) is 16.0. The van der Waals surface area contributed by atoms with Crippen LogP contribution in [-0.2, 0) is 24.9 Å². The standard InChI is InChI=1S/C15H24N2O3S/c1-11-7-8-13(16-9-11)17-14(18)12(10-19-5)20-21(6)15(2,3)4/h7-9,12H,10H2,1-6H3/p+1/t12-,21?/m1/s1. The van der Waals surface area contributed by atoms with Crippen LogP contribution >= 0.6 is 0 Å². The number of aromatic nitrogens is 1. The summed E-state index contributed by atoms with van der Waals surface area (Å²) in [6.07, 6.45) is 3.05. The van der Waals surface area contributed by atoms with Gasteiger partial charge in [0.1, 0.15) is 23.2 Å². The third-order valence-electron chi connectivity index (χ3n) is 2.90. The van der Waals surface area contributed by atoms with E-state index >= 15 is 0 Å². The monoisotopic (exact) mass is 313 g/mol. The first-order valence-corrected chi connectivity index (χ1v) is 8.35. The summed E-state index contributed by atoms with van der Waals surface area (Å²) in [7, 11) is 1.55. The number of hydrogen-bond donors (Lipinski definition) is 1. The average Bonchev–Trinajstić information content (AvgIpc) is 2.39. The number of carbonyl (C=O) groups is 1. The van der Waals surface area contributed by atoms with Crippen molar-refractivity contribution in [2.75, 3.05) is 25.3 Å². The molecule has 0 bridgehead atoms. The molecule has 1 aromatic rings. The molecule has 5 nitrogen and oxygen atoms in total. The van der Waals surface area contributed by atoms with Crippen LogP contribution in [0.15, 0.2) is 18.3 Å². The van der Waals surface area contributed by atoms with E-state index in [1.165, 1.54) is 0 Å². The van der Waals surface area contributed by atoms with Gasteiger partial charge in [-0.25, -0.2) is 4.98 Å². The fourth-order valence-corrected chi connectivity index (χ4v) is 2.15. The Morgan fingerprint density at radius 1 is 1.43 bits per heavy atom. The van der Waals surface area contributed by atoms with Crippen molar-refractivity contribution >= 4 is 22.9 Å². The van der Waals surface area contributed by atoms with E-state index in [2.05, 4.69) is 31.1 Å². The number of nitrogens with one attached hydrogen (secondary N) is 1. The van der Waals surface area contributed by atoms with E-state index in [0.717, 1.165) is 5.56 Å². The van der Waals surface area contributed by atoms with Gasteiger partial charge in [-0.2, -0.15) is 4.18 Å². The summed E-state index contributed by atoms with van der Waals surface area (Å²) in [5.74, 6) is 0.277. The van der Waals surface area contributed by atoms with Gasteiger partial charge < -0.3 is 10.1 Å². The summed E-state index contributed by atoms with van der Waals surface area (Å²) >= 11 is -0.362. The highest BCUT2D eigenvalue weighted by atomic mass is 32.2. The fourth-order valence-electron chi connectivity index (χ4n) is 1.37. The van der Waals surface area contributed by atoms with Crippen molar-refractivity contribution in [3.05, 3.63) is 23.9 Å². The highest BCUT2D eigenvalue weighted by molar-refractivity contribution is 7.93. The smallest absolute Gasteiger partial charge is 0.262 e. The highest BCUT2D eigenvalue weighted by Crippen LogP contribution is 2.20. The second-order valence-corrected chi connectivity index (χ2v) is 8.14. The van der Waals surface area contributed by atoms with Crippen LogP contribution in [-0.4, -0.2) is 41.7 Å². The second kappa shape index (κ2) is 7.77. The van der Waals surface area contributed by atoms with Crippen LogP contribution in [0.25, 0.3) is 0 Å². The van der Waals surface area contributed by atoms with Crippen molar-refractivity contribution in [2.45, 2.75) is 38.5 Å². The maximum absolute atomic E-state index is 12.3. The molecule has 1 unspecified atom stereocenters. The molecule has 0 aliphatic carbocycles. The lowest BCUT2D eigenvalue weighted by molar-refractivity contribution is -0.124. The molecule has 2 atom stereocenters. The molecule has 6 heteroatoms. The predicted molar refractivity (Wildman–Crippen MR) is 87.4 cm³/mol. The van der Waals surface area contributed by atoms with Crippen LogP contribution in [0.2, 0.25) is 0 Å². The molecule has 21 heavy (non-hydrogen) atoms. The Morgan fingerprint density at radius 3 is 2.57 bits per heavy atom. The maximum Gasteiger partial charge on any atom is 0.262 e. The first kappa shape index (κ1) is 17.9. The lowest BCUT2D eigenvalue weighted by atomic mass is 10.3. The molecule has 1 rings (SSSR count). The van der Waals surface area contributed by atoms with Gasteiger partial charge in [-0.1, -0.05) is 6.07 Å². The number of aryl methyl sites for hydroxylation is 1. The summed E-state index contributed by atoms with van der Waals surface area (Å²) in [5.41, 5.74) is 1.04. The molecule has 0 saturated carbocycles. The number of amides is 1. The molecule has 1 N–H and O–H groups in total. The zero-order valence-electron chi connectivity index (χ0n) is 13.6. The molecule has 0 spiro atoms. The summed E-state index contributed by atoms with van der Waals surface area (Å²) in [4.78, 5) is 16.5. The van der Waals surface area contributed by atoms with Gasteiger partial charge in [0.25, 0.3) is 5.91 Å². The molecular formula is C15H25N2O3S+. The number of rotatable bonds is 6. The van der Waals surface area contributed by atoms with E-state index < -0.39 is 6.10 Å². The van der Waals surface area contributed by atoms with Gasteiger partial charge in [0.15, 0.2) is 4.75 Å². The summed E-state index contributed by atoms with van der Waals surface area (Å²) in [6.45, 7) is 8.41. The summed E-state index contributed by atoms with van der Waals surface area (Å²) < 4.78 is 11.0.